The number of amides is 2. The van der Waals surface area contributed by atoms with Gasteiger partial charge in [0.25, 0.3) is 5.69 Å². The number of nitrogens with one attached hydrogen (secondary N) is 1. The highest BCUT2D eigenvalue weighted by atomic mass is 16.6. The first-order valence-electron chi connectivity index (χ1n) is 9.98. The summed E-state index contributed by atoms with van der Waals surface area (Å²) in [5.74, 6) is 0.0126. The fourth-order valence-electron chi connectivity index (χ4n) is 3.09. The number of hydrogen-bond donors (Lipinski definition) is 1. The van der Waals surface area contributed by atoms with Gasteiger partial charge in [-0.1, -0.05) is 30.3 Å². The molecule has 1 unspecified atom stereocenters. The minimum absolute atomic E-state index is 0.118. The molecule has 31 heavy (non-hydrogen) atoms. The molecule has 0 spiro atoms. The number of carbonyl (C=O) groups excluding carboxylic acids is 2. The second kappa shape index (κ2) is 10.1. The van der Waals surface area contributed by atoms with Crippen LogP contribution in [0.3, 0.4) is 0 Å². The number of methoxy groups -OCH3 is 1. The van der Waals surface area contributed by atoms with E-state index in [-0.39, 0.29) is 30.5 Å². The van der Waals surface area contributed by atoms with Gasteiger partial charge >= 0.3 is 0 Å². The monoisotopic (exact) mass is 427 g/mol. The zero-order valence-electron chi connectivity index (χ0n) is 18.5. The Morgan fingerprint density at radius 1 is 1.13 bits per heavy atom. The molecule has 0 heterocycles. The Bertz CT molecular complexity index is 935. The number of hydrogen-bond acceptors (Lipinski definition) is 5. The molecule has 1 N–H and O–H groups in total. The van der Waals surface area contributed by atoms with Crippen LogP contribution in [0.2, 0.25) is 0 Å². The molecule has 2 aromatic rings. The molecule has 0 aliphatic heterocycles. The van der Waals surface area contributed by atoms with Crippen LogP contribution in [0.1, 0.15) is 38.8 Å². The number of carbonyl (C=O) groups is 2. The average molecular weight is 428 g/mol. The Labute approximate surface area is 182 Å². The summed E-state index contributed by atoms with van der Waals surface area (Å²) in [6.07, 6.45) is -0.180. The Balaban J connectivity index is 2.32. The van der Waals surface area contributed by atoms with E-state index in [1.807, 2.05) is 32.9 Å². The van der Waals surface area contributed by atoms with Crippen LogP contribution in [0.4, 0.5) is 5.69 Å². The van der Waals surface area contributed by atoms with Crippen molar-refractivity contribution in [3.8, 4) is 5.75 Å². The lowest BCUT2D eigenvalue weighted by molar-refractivity contribution is -0.385. The van der Waals surface area contributed by atoms with Gasteiger partial charge in [-0.25, -0.2) is 0 Å². The summed E-state index contributed by atoms with van der Waals surface area (Å²) in [6.45, 7) is 7.42. The SMILES string of the molecule is COc1ccc(CN(C(=O)Cc2ccccc2[N+](=O)[O-])C(C)C(=O)NC(C)(C)C)cc1. The summed E-state index contributed by atoms with van der Waals surface area (Å²) in [7, 11) is 1.57. The van der Waals surface area contributed by atoms with Gasteiger partial charge in [-0.2, -0.15) is 0 Å². The quantitative estimate of drug-likeness (QED) is 0.513. The van der Waals surface area contributed by atoms with Gasteiger partial charge in [0.15, 0.2) is 0 Å². The highest BCUT2D eigenvalue weighted by Crippen LogP contribution is 2.21. The number of nitro groups is 1. The van der Waals surface area contributed by atoms with Gasteiger partial charge in [0, 0.05) is 23.7 Å². The van der Waals surface area contributed by atoms with Crippen molar-refractivity contribution in [3.63, 3.8) is 0 Å². The molecule has 0 fully saturated rings. The lowest BCUT2D eigenvalue weighted by Gasteiger charge is -2.31. The van der Waals surface area contributed by atoms with Crippen LogP contribution in [0.5, 0.6) is 5.75 Å². The highest BCUT2D eigenvalue weighted by molar-refractivity contribution is 5.88. The lowest BCUT2D eigenvalue weighted by atomic mass is 10.1. The maximum absolute atomic E-state index is 13.2. The molecule has 2 rings (SSSR count). The zero-order valence-corrected chi connectivity index (χ0v) is 18.5. The predicted molar refractivity (Wildman–Crippen MR) is 118 cm³/mol. The van der Waals surface area contributed by atoms with E-state index < -0.39 is 16.5 Å². The number of rotatable bonds is 8. The van der Waals surface area contributed by atoms with Crippen molar-refractivity contribution in [2.24, 2.45) is 0 Å². The van der Waals surface area contributed by atoms with Gasteiger partial charge in [0.1, 0.15) is 11.8 Å². The molecule has 8 nitrogen and oxygen atoms in total. The topological polar surface area (TPSA) is 102 Å². The second-order valence-corrected chi connectivity index (χ2v) is 8.35. The van der Waals surface area contributed by atoms with Gasteiger partial charge in [-0.15, -0.1) is 0 Å². The van der Waals surface area contributed by atoms with Crippen molar-refractivity contribution in [1.82, 2.24) is 10.2 Å². The highest BCUT2D eigenvalue weighted by Gasteiger charge is 2.29. The van der Waals surface area contributed by atoms with Gasteiger partial charge in [-0.3, -0.25) is 19.7 Å². The third-order valence-corrected chi connectivity index (χ3v) is 4.71. The first kappa shape index (κ1) is 23.9. The second-order valence-electron chi connectivity index (χ2n) is 8.35. The first-order valence-corrected chi connectivity index (χ1v) is 9.98. The number of para-hydroxylation sites is 1. The molecule has 8 heteroatoms. The van der Waals surface area contributed by atoms with Crippen LogP contribution in [0.25, 0.3) is 0 Å². The minimum atomic E-state index is -0.767. The molecule has 1 atom stereocenters. The van der Waals surface area contributed by atoms with Crippen molar-refractivity contribution in [1.29, 1.82) is 0 Å². The van der Waals surface area contributed by atoms with Crippen molar-refractivity contribution in [2.75, 3.05) is 7.11 Å². The summed E-state index contributed by atoms with van der Waals surface area (Å²) in [6, 6.07) is 12.6. The number of nitrogens with zero attached hydrogens (tertiary/aromatic N) is 2. The van der Waals surface area contributed by atoms with Crippen molar-refractivity contribution < 1.29 is 19.2 Å². The van der Waals surface area contributed by atoms with Crippen LogP contribution in [-0.4, -0.2) is 40.3 Å². The van der Waals surface area contributed by atoms with E-state index in [2.05, 4.69) is 5.32 Å². The van der Waals surface area contributed by atoms with Crippen molar-refractivity contribution in [3.05, 3.63) is 69.8 Å². The molecule has 2 aromatic carbocycles. The van der Waals surface area contributed by atoms with Gasteiger partial charge in [0.05, 0.1) is 18.5 Å². The summed E-state index contributed by atoms with van der Waals surface area (Å²) < 4.78 is 5.17. The third kappa shape index (κ3) is 6.80. The molecule has 166 valence electrons. The predicted octanol–water partition coefficient (Wildman–Crippen LogP) is 3.48. The van der Waals surface area contributed by atoms with E-state index in [4.69, 9.17) is 4.74 Å². The van der Waals surface area contributed by atoms with E-state index in [9.17, 15) is 19.7 Å². The van der Waals surface area contributed by atoms with E-state index >= 15 is 0 Å². The number of benzene rings is 2. The Morgan fingerprint density at radius 3 is 2.29 bits per heavy atom. The molecule has 0 saturated heterocycles. The Hall–Kier alpha value is -3.42. The molecule has 0 aromatic heterocycles. The number of nitro benzene ring substituents is 1. The maximum atomic E-state index is 13.2. The normalized spacial score (nSPS) is 12.0. The smallest absolute Gasteiger partial charge is 0.273 e. The molecule has 0 radical (unpaired) electrons. The van der Waals surface area contributed by atoms with Crippen LogP contribution in [0.15, 0.2) is 48.5 Å². The summed E-state index contributed by atoms with van der Waals surface area (Å²) in [4.78, 5) is 38.3. The summed E-state index contributed by atoms with van der Waals surface area (Å²) in [5.41, 5.74) is 0.540. The lowest BCUT2D eigenvalue weighted by Crippen LogP contribution is -2.52. The standard InChI is InChI=1S/C23H29N3O5/c1-16(22(28)24-23(2,3)4)25(15-17-10-12-19(31-5)13-11-17)21(27)14-18-8-6-7-9-20(18)26(29)30/h6-13,16H,14-15H2,1-5H3,(H,24,28). The summed E-state index contributed by atoms with van der Waals surface area (Å²) >= 11 is 0. The fraction of sp³-hybridized carbons (Fsp3) is 0.391. The molecule has 0 bridgehead atoms. The average Bonchev–Trinajstić information content (AvgIpc) is 2.70. The van der Waals surface area contributed by atoms with E-state index in [0.29, 0.717) is 11.3 Å². The molecule has 0 saturated carbocycles. The van der Waals surface area contributed by atoms with E-state index in [0.717, 1.165) is 5.56 Å². The third-order valence-electron chi connectivity index (χ3n) is 4.71. The Kier molecular flexibility index (Phi) is 7.74. The first-order chi connectivity index (χ1) is 14.5. The van der Waals surface area contributed by atoms with Crippen molar-refractivity contribution in [2.45, 2.75) is 52.2 Å². The molecular weight excluding hydrogens is 398 g/mol. The van der Waals surface area contributed by atoms with Gasteiger partial charge in [0.2, 0.25) is 11.8 Å². The van der Waals surface area contributed by atoms with E-state index in [1.54, 1.807) is 44.4 Å². The summed E-state index contributed by atoms with van der Waals surface area (Å²) in [5, 5.41) is 14.2. The van der Waals surface area contributed by atoms with E-state index in [1.165, 1.54) is 11.0 Å². The molecule has 0 aliphatic rings. The largest absolute Gasteiger partial charge is 0.497 e. The van der Waals surface area contributed by atoms with Crippen molar-refractivity contribution >= 4 is 17.5 Å². The van der Waals surface area contributed by atoms with Crippen LogP contribution in [0, 0.1) is 10.1 Å². The van der Waals surface area contributed by atoms with Crippen LogP contribution < -0.4 is 10.1 Å². The minimum Gasteiger partial charge on any atom is -0.497 e. The van der Waals surface area contributed by atoms with Crippen LogP contribution in [-0.2, 0) is 22.6 Å². The molecular formula is C23H29N3O5. The molecule has 0 aliphatic carbocycles. The van der Waals surface area contributed by atoms with Gasteiger partial charge < -0.3 is 15.0 Å². The fourth-order valence-corrected chi connectivity index (χ4v) is 3.09. The van der Waals surface area contributed by atoms with Gasteiger partial charge in [-0.05, 0) is 45.4 Å². The van der Waals surface area contributed by atoms with Crippen LogP contribution >= 0.6 is 0 Å². The maximum Gasteiger partial charge on any atom is 0.273 e. The molecule has 2 amide bonds. The zero-order chi connectivity index (χ0) is 23.2. The Morgan fingerprint density at radius 2 is 1.74 bits per heavy atom. The number of ether oxygens (including phenoxy) is 1.